The molecule has 1 unspecified atom stereocenters. The fourth-order valence-corrected chi connectivity index (χ4v) is 3.12. The number of hydrogen-bond donors (Lipinski definition) is 2. The predicted molar refractivity (Wildman–Crippen MR) is 92.4 cm³/mol. The molecule has 1 atom stereocenters. The average Bonchev–Trinajstić information content (AvgIpc) is 2.56. The first-order valence-electron chi connectivity index (χ1n) is 8.08. The van der Waals surface area contributed by atoms with Crippen LogP contribution in [0.1, 0.15) is 43.0 Å². The van der Waals surface area contributed by atoms with Crippen LogP contribution in [0.4, 0.5) is 0 Å². The largest absolute Gasteiger partial charge is 0.507 e. The number of benzene rings is 1. The summed E-state index contributed by atoms with van der Waals surface area (Å²) in [5.74, 6) is -0.407. The highest BCUT2D eigenvalue weighted by Crippen LogP contribution is 2.25. The van der Waals surface area contributed by atoms with Crippen molar-refractivity contribution in [1.29, 1.82) is 0 Å². The van der Waals surface area contributed by atoms with Crippen molar-refractivity contribution in [1.82, 2.24) is 10.2 Å². The zero-order valence-corrected chi connectivity index (χ0v) is 14.9. The highest BCUT2D eigenvalue weighted by molar-refractivity contribution is 9.10. The number of halogens is 1. The monoisotopic (exact) mass is 382 g/mol. The van der Waals surface area contributed by atoms with E-state index in [1.807, 2.05) is 0 Å². The van der Waals surface area contributed by atoms with Crippen LogP contribution in [-0.2, 0) is 4.79 Å². The Kier molecular flexibility index (Phi) is 6.45. The van der Waals surface area contributed by atoms with Crippen LogP contribution in [0, 0.1) is 5.92 Å². The van der Waals surface area contributed by atoms with Crippen LogP contribution in [0.25, 0.3) is 0 Å². The molecule has 0 aliphatic carbocycles. The Balaban J connectivity index is 2.01. The van der Waals surface area contributed by atoms with Crippen LogP contribution in [0.5, 0.6) is 5.75 Å². The van der Waals surface area contributed by atoms with Crippen molar-refractivity contribution < 1.29 is 14.7 Å². The molecule has 126 valence electrons. The molecule has 1 aliphatic rings. The molecule has 0 radical (unpaired) electrons. The fourth-order valence-electron chi connectivity index (χ4n) is 2.76. The molecular weight excluding hydrogens is 360 g/mol. The van der Waals surface area contributed by atoms with Crippen molar-refractivity contribution >= 4 is 27.7 Å². The van der Waals surface area contributed by atoms with E-state index in [0.717, 1.165) is 30.2 Å². The number of amides is 2. The van der Waals surface area contributed by atoms with Crippen LogP contribution in [0.2, 0.25) is 0 Å². The van der Waals surface area contributed by atoms with E-state index >= 15 is 0 Å². The van der Waals surface area contributed by atoms with Gasteiger partial charge in [-0.1, -0.05) is 29.3 Å². The van der Waals surface area contributed by atoms with Crippen molar-refractivity contribution in [2.45, 2.75) is 32.6 Å². The Morgan fingerprint density at radius 3 is 2.96 bits per heavy atom. The van der Waals surface area contributed by atoms with Crippen molar-refractivity contribution in [3.8, 4) is 5.75 Å². The zero-order valence-electron chi connectivity index (χ0n) is 13.3. The summed E-state index contributed by atoms with van der Waals surface area (Å²) in [5.41, 5.74) is 0.270. The number of hydrogen-bond acceptors (Lipinski definition) is 3. The lowest BCUT2D eigenvalue weighted by atomic mass is 9.96. The number of carbonyl (C=O) groups excluding carboxylic acids is 2. The number of phenols is 1. The summed E-state index contributed by atoms with van der Waals surface area (Å²) in [5, 5.41) is 12.8. The topological polar surface area (TPSA) is 69.6 Å². The van der Waals surface area contributed by atoms with E-state index < -0.39 is 0 Å². The van der Waals surface area contributed by atoms with E-state index in [2.05, 4.69) is 28.2 Å². The van der Waals surface area contributed by atoms with Crippen molar-refractivity contribution in [2.24, 2.45) is 5.92 Å². The van der Waals surface area contributed by atoms with Gasteiger partial charge in [0.1, 0.15) is 5.75 Å². The first-order chi connectivity index (χ1) is 11.0. The lowest BCUT2D eigenvalue weighted by molar-refractivity contribution is -0.126. The van der Waals surface area contributed by atoms with Gasteiger partial charge in [-0.3, -0.25) is 9.59 Å². The lowest BCUT2D eigenvalue weighted by Gasteiger charge is -2.32. The maximum atomic E-state index is 12.6. The summed E-state index contributed by atoms with van der Waals surface area (Å²) in [4.78, 5) is 26.5. The third kappa shape index (κ3) is 4.70. The number of nitrogens with zero attached hydrogens (tertiary/aromatic N) is 1. The Morgan fingerprint density at radius 2 is 2.22 bits per heavy atom. The summed E-state index contributed by atoms with van der Waals surface area (Å²) < 4.78 is 0.740. The molecule has 2 rings (SSSR count). The lowest BCUT2D eigenvalue weighted by Crippen LogP contribution is -2.45. The number of rotatable bonds is 5. The van der Waals surface area contributed by atoms with Gasteiger partial charge < -0.3 is 15.3 Å². The molecule has 5 nitrogen and oxygen atoms in total. The SMILES string of the molecule is CCCCNC(=O)C1CCCN(C(=O)c2cc(Br)ccc2O)C1. The molecule has 2 amide bonds. The molecule has 1 aromatic carbocycles. The molecule has 1 aromatic rings. The van der Waals surface area contributed by atoms with Gasteiger partial charge in [-0.15, -0.1) is 0 Å². The predicted octanol–water partition coefficient (Wildman–Crippen LogP) is 2.92. The number of likely N-dealkylation sites (tertiary alicyclic amines) is 1. The highest BCUT2D eigenvalue weighted by atomic mass is 79.9. The highest BCUT2D eigenvalue weighted by Gasteiger charge is 2.29. The number of aromatic hydroxyl groups is 1. The molecule has 0 spiro atoms. The first-order valence-corrected chi connectivity index (χ1v) is 8.87. The van der Waals surface area contributed by atoms with E-state index in [1.165, 1.54) is 6.07 Å². The molecule has 1 saturated heterocycles. The van der Waals surface area contributed by atoms with Crippen LogP contribution >= 0.6 is 15.9 Å². The maximum Gasteiger partial charge on any atom is 0.257 e. The van der Waals surface area contributed by atoms with Gasteiger partial charge in [0.05, 0.1) is 11.5 Å². The Morgan fingerprint density at radius 1 is 1.43 bits per heavy atom. The zero-order chi connectivity index (χ0) is 16.8. The Bertz CT molecular complexity index is 577. The second kappa shape index (κ2) is 8.34. The first kappa shape index (κ1) is 17.8. The molecule has 1 heterocycles. The van der Waals surface area contributed by atoms with E-state index in [-0.39, 0.29) is 29.0 Å². The normalized spacial score (nSPS) is 17.8. The molecule has 0 bridgehead atoms. The smallest absolute Gasteiger partial charge is 0.257 e. The molecule has 1 aliphatic heterocycles. The standard InChI is InChI=1S/C17H23BrN2O3/c1-2-3-8-19-16(22)12-5-4-9-20(11-12)17(23)14-10-13(18)6-7-15(14)21/h6-7,10,12,21H,2-5,8-9,11H2,1H3,(H,19,22). The van der Waals surface area contributed by atoms with Crippen LogP contribution in [0.3, 0.4) is 0 Å². The van der Waals surface area contributed by atoms with Crippen molar-refractivity contribution in [2.75, 3.05) is 19.6 Å². The molecule has 2 N–H and O–H groups in total. The van der Waals surface area contributed by atoms with Gasteiger partial charge in [0.2, 0.25) is 5.91 Å². The van der Waals surface area contributed by atoms with Crippen molar-refractivity contribution in [3.05, 3.63) is 28.2 Å². The van der Waals surface area contributed by atoms with Crippen LogP contribution < -0.4 is 5.32 Å². The molecular formula is C17H23BrN2O3. The van der Waals surface area contributed by atoms with E-state index in [0.29, 0.717) is 19.6 Å². The molecule has 23 heavy (non-hydrogen) atoms. The van der Waals surface area contributed by atoms with Gasteiger partial charge in [-0.05, 0) is 37.5 Å². The van der Waals surface area contributed by atoms with Gasteiger partial charge >= 0.3 is 0 Å². The minimum atomic E-state index is -0.227. The van der Waals surface area contributed by atoms with Crippen LogP contribution in [0.15, 0.2) is 22.7 Å². The minimum Gasteiger partial charge on any atom is -0.507 e. The Labute approximate surface area is 145 Å². The van der Waals surface area contributed by atoms with E-state index in [9.17, 15) is 14.7 Å². The third-order valence-corrected chi connectivity index (χ3v) is 4.59. The molecule has 0 saturated carbocycles. The summed E-state index contributed by atoms with van der Waals surface area (Å²) in [6.45, 7) is 3.79. The summed E-state index contributed by atoms with van der Waals surface area (Å²) in [7, 11) is 0. The number of carbonyl (C=O) groups is 2. The molecule has 0 aromatic heterocycles. The molecule has 1 fully saturated rings. The van der Waals surface area contributed by atoms with E-state index in [4.69, 9.17) is 0 Å². The van der Waals surface area contributed by atoms with E-state index in [1.54, 1.807) is 17.0 Å². The summed E-state index contributed by atoms with van der Waals surface area (Å²) in [6.07, 6.45) is 3.60. The summed E-state index contributed by atoms with van der Waals surface area (Å²) >= 11 is 3.31. The molecule has 6 heteroatoms. The second-order valence-corrected chi connectivity index (χ2v) is 6.81. The van der Waals surface area contributed by atoms with Gasteiger partial charge in [-0.2, -0.15) is 0 Å². The quantitative estimate of drug-likeness (QED) is 0.769. The fraction of sp³-hybridized carbons (Fsp3) is 0.529. The van der Waals surface area contributed by atoms with Crippen LogP contribution in [-0.4, -0.2) is 41.5 Å². The number of phenolic OH excluding ortho intramolecular Hbond substituents is 1. The van der Waals surface area contributed by atoms with Gasteiger partial charge in [0.25, 0.3) is 5.91 Å². The van der Waals surface area contributed by atoms with Gasteiger partial charge in [0.15, 0.2) is 0 Å². The number of nitrogens with one attached hydrogen (secondary N) is 1. The number of unbranched alkanes of at least 4 members (excludes halogenated alkanes) is 1. The van der Waals surface area contributed by atoms with Gasteiger partial charge in [-0.25, -0.2) is 0 Å². The minimum absolute atomic E-state index is 0.0226. The second-order valence-electron chi connectivity index (χ2n) is 5.90. The van der Waals surface area contributed by atoms with Gasteiger partial charge in [0, 0.05) is 24.1 Å². The average molecular weight is 383 g/mol. The van der Waals surface area contributed by atoms with Crippen molar-refractivity contribution in [3.63, 3.8) is 0 Å². The summed E-state index contributed by atoms with van der Waals surface area (Å²) in [6, 6.07) is 4.80. The third-order valence-electron chi connectivity index (χ3n) is 4.10. The maximum absolute atomic E-state index is 12.6. The Hall–Kier alpha value is -1.56. The number of piperidine rings is 1.